The highest BCUT2D eigenvalue weighted by Gasteiger charge is 2.02. The summed E-state index contributed by atoms with van der Waals surface area (Å²) in [4.78, 5) is 11.6. The largest absolute Gasteiger partial charge is 0.466 e. The average Bonchev–Trinajstić information content (AvgIpc) is 2.64. The van der Waals surface area contributed by atoms with E-state index in [2.05, 4.69) is 19.1 Å². The lowest BCUT2D eigenvalue weighted by molar-refractivity contribution is -0.143. The van der Waals surface area contributed by atoms with Gasteiger partial charge in [0.25, 0.3) is 0 Å². The lowest BCUT2D eigenvalue weighted by Gasteiger charge is -2.04. The maximum atomic E-state index is 11.6. The molecule has 0 rings (SSSR count). The van der Waals surface area contributed by atoms with Gasteiger partial charge in [0.15, 0.2) is 0 Å². The van der Waals surface area contributed by atoms with Gasteiger partial charge in [-0.15, -0.1) is 0 Å². The highest BCUT2D eigenvalue weighted by atomic mass is 16.5. The third-order valence-electron chi connectivity index (χ3n) is 4.75. The lowest BCUT2D eigenvalue weighted by Crippen LogP contribution is -2.06. The van der Waals surface area contributed by atoms with E-state index in [1.165, 1.54) is 70.6 Å². The molecule has 0 spiro atoms. The first-order chi connectivity index (χ1) is 12.8. The quantitative estimate of drug-likeness (QED) is 0.148. The topological polar surface area (TPSA) is 52.3 Å². The molecule has 0 heterocycles. The van der Waals surface area contributed by atoms with Crippen LogP contribution >= 0.6 is 0 Å². The standard InChI is InChI=1S/C23H45NO2/c1-2-3-4-5-6-7-8-9-10-11-12-13-14-15-17-20-23(25)26-22-19-16-18-21-24/h9-10H,2-8,11-22,24H2,1H3/b10-9-. The van der Waals surface area contributed by atoms with Gasteiger partial charge in [0.05, 0.1) is 6.61 Å². The van der Waals surface area contributed by atoms with Crippen molar-refractivity contribution in [2.24, 2.45) is 5.73 Å². The zero-order chi connectivity index (χ0) is 19.1. The summed E-state index contributed by atoms with van der Waals surface area (Å²) in [7, 11) is 0. The number of allylic oxidation sites excluding steroid dienone is 2. The van der Waals surface area contributed by atoms with E-state index in [1.54, 1.807) is 0 Å². The molecule has 0 atom stereocenters. The van der Waals surface area contributed by atoms with E-state index >= 15 is 0 Å². The fraction of sp³-hybridized carbons (Fsp3) is 0.870. The predicted octanol–water partition coefficient (Wildman–Crippen LogP) is 6.70. The summed E-state index contributed by atoms with van der Waals surface area (Å²) in [6.07, 6.45) is 24.9. The number of carbonyl (C=O) groups excluding carboxylic acids is 1. The summed E-state index contributed by atoms with van der Waals surface area (Å²) in [5.74, 6) is -0.0321. The number of carbonyl (C=O) groups is 1. The first-order valence-corrected chi connectivity index (χ1v) is 11.3. The second-order valence-corrected chi connectivity index (χ2v) is 7.40. The van der Waals surface area contributed by atoms with Gasteiger partial charge in [-0.2, -0.15) is 0 Å². The van der Waals surface area contributed by atoms with Crippen molar-refractivity contribution >= 4 is 5.97 Å². The molecule has 0 unspecified atom stereocenters. The van der Waals surface area contributed by atoms with Crippen LogP contribution in [-0.4, -0.2) is 19.1 Å². The SMILES string of the molecule is CCCCCCCC/C=C\CCCCCCCC(=O)OCCCCCN. The number of nitrogens with two attached hydrogens (primary N) is 1. The van der Waals surface area contributed by atoms with Gasteiger partial charge in [-0.3, -0.25) is 4.79 Å². The first kappa shape index (κ1) is 25.2. The molecule has 0 aromatic rings. The third-order valence-corrected chi connectivity index (χ3v) is 4.75. The Balaban J connectivity index is 3.18. The van der Waals surface area contributed by atoms with Gasteiger partial charge < -0.3 is 10.5 Å². The summed E-state index contributed by atoms with van der Waals surface area (Å²) >= 11 is 0. The van der Waals surface area contributed by atoms with Crippen LogP contribution in [0.1, 0.15) is 116 Å². The van der Waals surface area contributed by atoms with Crippen LogP contribution in [0.15, 0.2) is 12.2 Å². The normalized spacial score (nSPS) is 11.3. The monoisotopic (exact) mass is 367 g/mol. The van der Waals surface area contributed by atoms with E-state index in [4.69, 9.17) is 10.5 Å². The minimum absolute atomic E-state index is 0.0321. The van der Waals surface area contributed by atoms with Crippen molar-refractivity contribution in [1.29, 1.82) is 0 Å². The Morgan fingerprint density at radius 3 is 1.88 bits per heavy atom. The molecular weight excluding hydrogens is 322 g/mol. The molecule has 3 heteroatoms. The van der Waals surface area contributed by atoms with Crippen molar-refractivity contribution in [1.82, 2.24) is 0 Å². The maximum absolute atomic E-state index is 11.6. The molecule has 0 saturated heterocycles. The second kappa shape index (κ2) is 22.2. The van der Waals surface area contributed by atoms with Crippen LogP contribution in [0, 0.1) is 0 Å². The van der Waals surface area contributed by atoms with E-state index < -0.39 is 0 Å². The molecule has 0 aromatic carbocycles. The number of rotatable bonds is 20. The fourth-order valence-corrected chi connectivity index (χ4v) is 3.02. The first-order valence-electron chi connectivity index (χ1n) is 11.3. The lowest BCUT2D eigenvalue weighted by atomic mass is 10.1. The van der Waals surface area contributed by atoms with Crippen molar-refractivity contribution in [2.75, 3.05) is 13.2 Å². The van der Waals surface area contributed by atoms with Crippen LogP contribution in [0.5, 0.6) is 0 Å². The van der Waals surface area contributed by atoms with Gasteiger partial charge in [-0.25, -0.2) is 0 Å². The molecule has 0 aliphatic carbocycles. The van der Waals surface area contributed by atoms with Crippen molar-refractivity contribution < 1.29 is 9.53 Å². The minimum Gasteiger partial charge on any atom is -0.466 e. The van der Waals surface area contributed by atoms with Crippen molar-refractivity contribution in [2.45, 2.75) is 116 Å². The van der Waals surface area contributed by atoms with Gasteiger partial charge in [0.2, 0.25) is 0 Å². The van der Waals surface area contributed by atoms with E-state index in [9.17, 15) is 4.79 Å². The van der Waals surface area contributed by atoms with Gasteiger partial charge in [0, 0.05) is 6.42 Å². The molecule has 2 N–H and O–H groups in total. The van der Waals surface area contributed by atoms with Crippen molar-refractivity contribution in [3.63, 3.8) is 0 Å². The number of hydrogen-bond acceptors (Lipinski definition) is 3. The summed E-state index contributed by atoms with van der Waals surface area (Å²) in [6.45, 7) is 3.55. The van der Waals surface area contributed by atoms with E-state index in [1.807, 2.05) is 0 Å². The minimum atomic E-state index is -0.0321. The molecule has 154 valence electrons. The van der Waals surface area contributed by atoms with Gasteiger partial charge in [-0.1, -0.05) is 70.4 Å². The number of hydrogen-bond donors (Lipinski definition) is 1. The molecule has 0 amide bonds. The maximum Gasteiger partial charge on any atom is 0.305 e. The Labute approximate surface area is 163 Å². The summed E-state index contributed by atoms with van der Waals surface area (Å²) in [5, 5.41) is 0. The summed E-state index contributed by atoms with van der Waals surface area (Å²) in [6, 6.07) is 0. The Morgan fingerprint density at radius 1 is 0.731 bits per heavy atom. The zero-order valence-corrected chi connectivity index (χ0v) is 17.5. The summed E-state index contributed by atoms with van der Waals surface area (Å²) < 4.78 is 5.22. The predicted molar refractivity (Wildman–Crippen MR) is 113 cm³/mol. The average molecular weight is 368 g/mol. The molecule has 0 radical (unpaired) electrons. The highest BCUT2D eigenvalue weighted by Crippen LogP contribution is 2.10. The Kier molecular flexibility index (Phi) is 21.5. The van der Waals surface area contributed by atoms with Crippen LogP contribution < -0.4 is 5.73 Å². The molecule has 0 aromatic heterocycles. The van der Waals surface area contributed by atoms with Crippen LogP contribution in [0.25, 0.3) is 0 Å². The van der Waals surface area contributed by atoms with Crippen LogP contribution in [-0.2, 0) is 9.53 Å². The Hall–Kier alpha value is -0.830. The third kappa shape index (κ3) is 21.2. The highest BCUT2D eigenvalue weighted by molar-refractivity contribution is 5.69. The van der Waals surface area contributed by atoms with Crippen LogP contribution in [0.3, 0.4) is 0 Å². The fourth-order valence-electron chi connectivity index (χ4n) is 3.02. The molecule has 0 bridgehead atoms. The molecule has 0 saturated carbocycles. The zero-order valence-electron chi connectivity index (χ0n) is 17.5. The van der Waals surface area contributed by atoms with E-state index in [0.29, 0.717) is 13.0 Å². The van der Waals surface area contributed by atoms with Gasteiger partial charge >= 0.3 is 5.97 Å². The summed E-state index contributed by atoms with van der Waals surface area (Å²) in [5.41, 5.74) is 5.43. The van der Waals surface area contributed by atoms with E-state index in [0.717, 1.165) is 38.6 Å². The Bertz CT molecular complexity index is 315. The molecule has 3 nitrogen and oxygen atoms in total. The number of ether oxygens (including phenoxy) is 1. The van der Waals surface area contributed by atoms with E-state index in [-0.39, 0.29) is 5.97 Å². The molecule has 0 fully saturated rings. The van der Waals surface area contributed by atoms with Gasteiger partial charge in [-0.05, 0) is 57.9 Å². The molecule has 26 heavy (non-hydrogen) atoms. The number of esters is 1. The second-order valence-electron chi connectivity index (χ2n) is 7.40. The number of unbranched alkanes of at least 4 members (excludes halogenated alkanes) is 13. The molecule has 0 aliphatic rings. The van der Waals surface area contributed by atoms with Crippen LogP contribution in [0.2, 0.25) is 0 Å². The molecule has 0 aliphatic heterocycles. The van der Waals surface area contributed by atoms with Crippen LogP contribution in [0.4, 0.5) is 0 Å². The van der Waals surface area contributed by atoms with Crippen molar-refractivity contribution in [3.05, 3.63) is 12.2 Å². The van der Waals surface area contributed by atoms with Gasteiger partial charge in [0.1, 0.15) is 0 Å². The molecular formula is C23H45NO2. The smallest absolute Gasteiger partial charge is 0.305 e. The van der Waals surface area contributed by atoms with Crippen molar-refractivity contribution in [3.8, 4) is 0 Å². The Morgan fingerprint density at radius 2 is 1.27 bits per heavy atom.